The number of halogens is 1. The molecule has 6 nitrogen and oxygen atoms in total. The SMILES string of the molecule is CCOc1ccc(C(=O)Nc2cc3nn(-c4ccccc4)nc3cc2C)cc1Br. The summed E-state index contributed by atoms with van der Waals surface area (Å²) in [5.41, 5.74) is 4.51. The number of amides is 1. The quantitative estimate of drug-likeness (QED) is 0.456. The minimum Gasteiger partial charge on any atom is -0.493 e. The molecule has 0 aliphatic rings. The molecule has 0 bridgehead atoms. The summed E-state index contributed by atoms with van der Waals surface area (Å²) in [5.74, 6) is 0.505. The third-order valence-corrected chi connectivity index (χ3v) is 5.08. The van der Waals surface area contributed by atoms with E-state index in [4.69, 9.17) is 4.74 Å². The Balaban J connectivity index is 1.61. The van der Waals surface area contributed by atoms with Gasteiger partial charge in [-0.2, -0.15) is 4.80 Å². The summed E-state index contributed by atoms with van der Waals surface area (Å²) in [6, 6.07) is 18.8. The number of ether oxygens (including phenoxy) is 1. The fourth-order valence-electron chi connectivity index (χ4n) is 2.99. The summed E-state index contributed by atoms with van der Waals surface area (Å²) in [6.07, 6.45) is 0. The van der Waals surface area contributed by atoms with Crippen molar-refractivity contribution in [1.29, 1.82) is 0 Å². The predicted molar refractivity (Wildman–Crippen MR) is 117 cm³/mol. The van der Waals surface area contributed by atoms with Gasteiger partial charge >= 0.3 is 0 Å². The molecule has 1 heterocycles. The fraction of sp³-hybridized carbons (Fsp3) is 0.136. The van der Waals surface area contributed by atoms with Gasteiger partial charge in [-0.05, 0) is 77.8 Å². The van der Waals surface area contributed by atoms with Gasteiger partial charge in [0.05, 0.1) is 16.8 Å². The maximum absolute atomic E-state index is 12.7. The number of aromatic nitrogens is 3. The first-order valence-electron chi connectivity index (χ1n) is 9.22. The molecule has 4 aromatic rings. The van der Waals surface area contributed by atoms with Gasteiger partial charge in [-0.15, -0.1) is 10.2 Å². The van der Waals surface area contributed by atoms with Crippen LogP contribution in [0, 0.1) is 6.92 Å². The third kappa shape index (κ3) is 4.00. The maximum Gasteiger partial charge on any atom is 0.255 e. The highest BCUT2D eigenvalue weighted by molar-refractivity contribution is 9.10. The van der Waals surface area contributed by atoms with Gasteiger partial charge < -0.3 is 10.1 Å². The van der Waals surface area contributed by atoms with E-state index in [2.05, 4.69) is 31.4 Å². The number of anilines is 1. The molecule has 1 N–H and O–H groups in total. The van der Waals surface area contributed by atoms with Crippen LogP contribution in [0.4, 0.5) is 5.69 Å². The van der Waals surface area contributed by atoms with Crippen molar-refractivity contribution in [2.45, 2.75) is 13.8 Å². The van der Waals surface area contributed by atoms with Crippen LogP contribution >= 0.6 is 15.9 Å². The van der Waals surface area contributed by atoms with Crippen LogP contribution in [0.1, 0.15) is 22.8 Å². The highest BCUT2D eigenvalue weighted by atomic mass is 79.9. The van der Waals surface area contributed by atoms with E-state index in [0.717, 1.165) is 21.2 Å². The van der Waals surface area contributed by atoms with Crippen LogP contribution in [-0.4, -0.2) is 27.5 Å². The molecule has 3 aromatic carbocycles. The van der Waals surface area contributed by atoms with Crippen molar-refractivity contribution < 1.29 is 9.53 Å². The van der Waals surface area contributed by atoms with Crippen molar-refractivity contribution in [1.82, 2.24) is 15.0 Å². The van der Waals surface area contributed by atoms with E-state index in [0.29, 0.717) is 29.1 Å². The Bertz CT molecular complexity index is 1190. The lowest BCUT2D eigenvalue weighted by Gasteiger charge is -2.10. The molecular formula is C22H19BrN4O2. The van der Waals surface area contributed by atoms with E-state index in [1.807, 2.05) is 56.3 Å². The zero-order valence-electron chi connectivity index (χ0n) is 16.0. The molecule has 29 heavy (non-hydrogen) atoms. The van der Waals surface area contributed by atoms with Crippen molar-refractivity contribution in [2.75, 3.05) is 11.9 Å². The second-order valence-electron chi connectivity index (χ2n) is 6.51. The molecule has 0 fully saturated rings. The number of nitrogens with zero attached hydrogens (tertiary/aromatic N) is 3. The Morgan fingerprint density at radius 2 is 1.79 bits per heavy atom. The first kappa shape index (κ1) is 19.1. The molecule has 0 radical (unpaired) electrons. The predicted octanol–water partition coefficient (Wildman–Crippen LogP) is 5.14. The highest BCUT2D eigenvalue weighted by Crippen LogP contribution is 2.27. The minimum atomic E-state index is -0.202. The number of carbonyl (C=O) groups excluding carboxylic acids is 1. The lowest BCUT2D eigenvalue weighted by Crippen LogP contribution is -2.13. The minimum absolute atomic E-state index is 0.202. The van der Waals surface area contributed by atoms with Gasteiger partial charge in [0.1, 0.15) is 16.8 Å². The van der Waals surface area contributed by atoms with Gasteiger partial charge in [0.25, 0.3) is 5.91 Å². The number of rotatable bonds is 5. The summed E-state index contributed by atoms with van der Waals surface area (Å²) in [7, 11) is 0. The summed E-state index contributed by atoms with van der Waals surface area (Å²) in [4.78, 5) is 14.3. The summed E-state index contributed by atoms with van der Waals surface area (Å²) < 4.78 is 6.24. The van der Waals surface area contributed by atoms with Crippen molar-refractivity contribution >= 4 is 38.6 Å². The van der Waals surface area contributed by atoms with Gasteiger partial charge in [0.2, 0.25) is 0 Å². The molecule has 1 aromatic heterocycles. The molecule has 146 valence electrons. The summed E-state index contributed by atoms with van der Waals surface area (Å²) in [6.45, 7) is 4.41. The molecule has 0 saturated carbocycles. The first-order chi connectivity index (χ1) is 14.0. The van der Waals surface area contributed by atoms with E-state index >= 15 is 0 Å². The van der Waals surface area contributed by atoms with Gasteiger partial charge in [-0.25, -0.2) is 0 Å². The van der Waals surface area contributed by atoms with Gasteiger partial charge in [0, 0.05) is 11.3 Å². The van der Waals surface area contributed by atoms with Gasteiger partial charge in [-0.3, -0.25) is 4.79 Å². The summed E-state index contributed by atoms with van der Waals surface area (Å²) in [5, 5.41) is 12.0. The average Bonchev–Trinajstić information content (AvgIpc) is 3.13. The van der Waals surface area contributed by atoms with Gasteiger partial charge in [0.15, 0.2) is 0 Å². The monoisotopic (exact) mass is 450 g/mol. The molecule has 7 heteroatoms. The van der Waals surface area contributed by atoms with Crippen LogP contribution in [0.3, 0.4) is 0 Å². The largest absolute Gasteiger partial charge is 0.493 e. The number of aryl methyl sites for hydroxylation is 1. The molecule has 0 aliphatic carbocycles. The van der Waals surface area contributed by atoms with Crippen molar-refractivity contribution in [3.63, 3.8) is 0 Å². The molecule has 0 aliphatic heterocycles. The van der Waals surface area contributed by atoms with Crippen LogP contribution in [0.15, 0.2) is 65.1 Å². The molecule has 1 amide bonds. The Hall–Kier alpha value is -3.19. The third-order valence-electron chi connectivity index (χ3n) is 4.46. The topological polar surface area (TPSA) is 69.0 Å². The Morgan fingerprint density at radius 3 is 2.48 bits per heavy atom. The Labute approximate surface area is 176 Å². The number of fused-ring (bicyclic) bond motifs is 1. The molecule has 0 spiro atoms. The lowest BCUT2D eigenvalue weighted by molar-refractivity contribution is 0.102. The number of hydrogen-bond donors (Lipinski definition) is 1. The van der Waals surface area contributed by atoms with E-state index in [9.17, 15) is 4.79 Å². The molecule has 0 saturated heterocycles. The normalized spacial score (nSPS) is 10.9. The number of nitrogens with one attached hydrogen (secondary N) is 1. The highest BCUT2D eigenvalue weighted by Gasteiger charge is 2.13. The lowest BCUT2D eigenvalue weighted by atomic mass is 10.1. The number of benzene rings is 3. The summed E-state index contributed by atoms with van der Waals surface area (Å²) >= 11 is 3.45. The zero-order valence-corrected chi connectivity index (χ0v) is 17.6. The Kier molecular flexibility index (Phi) is 5.31. The van der Waals surface area contributed by atoms with E-state index in [1.165, 1.54) is 0 Å². The first-order valence-corrected chi connectivity index (χ1v) is 10.0. The fourth-order valence-corrected chi connectivity index (χ4v) is 3.48. The number of carbonyl (C=O) groups is 1. The maximum atomic E-state index is 12.7. The molecule has 4 rings (SSSR count). The van der Waals surface area contributed by atoms with Crippen LogP contribution < -0.4 is 10.1 Å². The molecular weight excluding hydrogens is 432 g/mol. The molecule has 0 atom stereocenters. The smallest absolute Gasteiger partial charge is 0.255 e. The second-order valence-corrected chi connectivity index (χ2v) is 7.37. The van der Waals surface area contributed by atoms with Crippen molar-refractivity contribution in [3.05, 3.63) is 76.3 Å². The second kappa shape index (κ2) is 8.05. The Morgan fingerprint density at radius 1 is 1.07 bits per heavy atom. The molecule has 0 unspecified atom stereocenters. The van der Waals surface area contributed by atoms with Crippen LogP contribution in [0.2, 0.25) is 0 Å². The van der Waals surface area contributed by atoms with E-state index < -0.39 is 0 Å². The van der Waals surface area contributed by atoms with E-state index in [-0.39, 0.29) is 5.91 Å². The average molecular weight is 451 g/mol. The van der Waals surface area contributed by atoms with Crippen LogP contribution in [-0.2, 0) is 0 Å². The van der Waals surface area contributed by atoms with Crippen molar-refractivity contribution in [2.24, 2.45) is 0 Å². The standard InChI is InChI=1S/C22H19BrN4O2/c1-3-29-21-10-9-15(12-17(21)23)22(28)24-18-13-20-19(11-14(18)2)25-27(26-20)16-7-5-4-6-8-16/h4-13H,3H2,1-2H3,(H,24,28). The van der Waals surface area contributed by atoms with Gasteiger partial charge in [-0.1, -0.05) is 18.2 Å². The van der Waals surface area contributed by atoms with Crippen LogP contribution in [0.25, 0.3) is 16.7 Å². The number of para-hydroxylation sites is 1. The zero-order chi connectivity index (χ0) is 20.4. The van der Waals surface area contributed by atoms with Crippen molar-refractivity contribution in [3.8, 4) is 11.4 Å². The van der Waals surface area contributed by atoms with Crippen LogP contribution in [0.5, 0.6) is 5.75 Å². The van der Waals surface area contributed by atoms with E-state index in [1.54, 1.807) is 23.0 Å². The number of hydrogen-bond acceptors (Lipinski definition) is 4.